The van der Waals surface area contributed by atoms with Gasteiger partial charge in [-0.3, -0.25) is 0 Å². The fourth-order valence-corrected chi connectivity index (χ4v) is 8.60. The van der Waals surface area contributed by atoms with E-state index in [1.807, 2.05) is 26.5 Å². The van der Waals surface area contributed by atoms with Crippen molar-refractivity contribution in [3.63, 3.8) is 0 Å². The Bertz CT molecular complexity index is 701. The highest BCUT2D eigenvalue weighted by atomic mass is 16.5. The Labute approximate surface area is 284 Å². The van der Waals surface area contributed by atoms with Gasteiger partial charge in [-0.25, -0.2) is 0 Å². The molecular weight excluding hydrogens is 550 g/mol. The van der Waals surface area contributed by atoms with Gasteiger partial charge in [-0.2, -0.15) is 0 Å². The van der Waals surface area contributed by atoms with Crippen LogP contribution in [0.15, 0.2) is 11.6 Å². The summed E-state index contributed by atoms with van der Waals surface area (Å²) in [4.78, 5) is 0. The zero-order valence-electron chi connectivity index (χ0n) is 32.6. The van der Waals surface area contributed by atoms with Crippen molar-refractivity contribution in [1.29, 1.82) is 0 Å². The van der Waals surface area contributed by atoms with E-state index in [1.165, 1.54) is 89.9 Å². The van der Waals surface area contributed by atoms with Crippen LogP contribution in [0.1, 0.15) is 177 Å². The van der Waals surface area contributed by atoms with Gasteiger partial charge in [0.1, 0.15) is 0 Å². The molecule has 4 saturated carbocycles. The van der Waals surface area contributed by atoms with E-state index in [1.54, 1.807) is 39.9 Å². The molecule has 0 heterocycles. The van der Waals surface area contributed by atoms with Gasteiger partial charge in [-0.15, -0.1) is 0 Å². The van der Waals surface area contributed by atoms with E-state index in [2.05, 4.69) is 52.9 Å². The highest BCUT2D eigenvalue weighted by Gasteiger charge is 2.47. The summed E-state index contributed by atoms with van der Waals surface area (Å²) >= 11 is 0. The Morgan fingerprint density at radius 1 is 0.800 bits per heavy atom. The summed E-state index contributed by atoms with van der Waals surface area (Å²) in [7, 11) is 5.50. The van der Waals surface area contributed by atoms with Gasteiger partial charge in [0.2, 0.25) is 0 Å². The Hall–Kier alpha value is -0.380. The molecular formula is C42H83NO2. The maximum absolute atomic E-state index is 5.08. The molecule has 0 aromatic heterocycles. The Kier molecular flexibility index (Phi) is 24.3. The van der Waals surface area contributed by atoms with Gasteiger partial charge in [0.25, 0.3) is 0 Å². The summed E-state index contributed by atoms with van der Waals surface area (Å²) < 4.78 is 9.98. The molecule has 1 N–H and O–H groups in total. The molecule has 5 aliphatic rings. The van der Waals surface area contributed by atoms with Crippen LogP contribution in [0.25, 0.3) is 0 Å². The molecule has 3 heteroatoms. The quantitative estimate of drug-likeness (QED) is 0.295. The molecule has 0 aliphatic heterocycles. The van der Waals surface area contributed by atoms with Crippen LogP contribution in [0.4, 0.5) is 0 Å². The molecule has 5 aliphatic carbocycles. The van der Waals surface area contributed by atoms with E-state index in [4.69, 9.17) is 9.47 Å². The maximum atomic E-state index is 5.08. The lowest BCUT2D eigenvalue weighted by molar-refractivity contribution is 0.0196. The van der Waals surface area contributed by atoms with Crippen LogP contribution in [-0.2, 0) is 9.47 Å². The van der Waals surface area contributed by atoms with Crippen molar-refractivity contribution < 1.29 is 9.47 Å². The van der Waals surface area contributed by atoms with Gasteiger partial charge in [0.15, 0.2) is 0 Å². The molecule has 0 spiro atoms. The predicted octanol–water partition coefficient (Wildman–Crippen LogP) is 12.4. The molecule has 0 amide bonds. The maximum Gasteiger partial charge on any atom is 0.0601 e. The van der Waals surface area contributed by atoms with Gasteiger partial charge >= 0.3 is 0 Å². The SMILES string of the molecule is CC.CCC(C)OC.CCC1CCCCC(C)CC2=CC3C4CCCC4CCC3C2CCC1.CCCC.CNC1CC(OC)C1. The zero-order chi connectivity index (χ0) is 33.6. The second-order valence-corrected chi connectivity index (χ2v) is 15.1. The molecule has 5 rings (SSSR count). The second-order valence-electron chi connectivity index (χ2n) is 15.1. The first-order valence-corrected chi connectivity index (χ1v) is 20.3. The number of hydrogen-bond donors (Lipinski definition) is 1. The van der Waals surface area contributed by atoms with Crippen LogP contribution in [0, 0.1) is 41.4 Å². The van der Waals surface area contributed by atoms with E-state index >= 15 is 0 Å². The minimum atomic E-state index is 0.435. The van der Waals surface area contributed by atoms with Crippen molar-refractivity contribution in [3.05, 3.63) is 11.6 Å². The van der Waals surface area contributed by atoms with Crippen LogP contribution < -0.4 is 5.32 Å². The van der Waals surface area contributed by atoms with Crippen LogP contribution in [0.5, 0.6) is 0 Å². The fraction of sp³-hybridized carbons (Fsp3) is 0.952. The Morgan fingerprint density at radius 3 is 2.00 bits per heavy atom. The Morgan fingerprint density at radius 2 is 1.44 bits per heavy atom. The number of allylic oxidation sites excluding steroid dienone is 2. The summed E-state index contributed by atoms with van der Waals surface area (Å²) in [6.45, 7) is 17.5. The first kappa shape index (κ1) is 42.6. The van der Waals surface area contributed by atoms with E-state index in [9.17, 15) is 0 Å². The van der Waals surface area contributed by atoms with Crippen LogP contribution in [-0.4, -0.2) is 39.5 Å². The molecule has 0 radical (unpaired) electrons. The number of fused-ring (bicyclic) bond motifs is 5. The van der Waals surface area contributed by atoms with E-state index < -0.39 is 0 Å². The number of rotatable bonds is 6. The smallest absolute Gasteiger partial charge is 0.0601 e. The van der Waals surface area contributed by atoms with E-state index in [0.29, 0.717) is 12.2 Å². The van der Waals surface area contributed by atoms with Crippen molar-refractivity contribution in [2.45, 2.75) is 196 Å². The van der Waals surface area contributed by atoms with Crippen molar-refractivity contribution in [1.82, 2.24) is 5.32 Å². The molecule has 0 bridgehead atoms. The molecule has 8 unspecified atom stereocenters. The average Bonchev–Trinajstić information content (AvgIpc) is 3.67. The molecule has 0 aromatic carbocycles. The standard InChI is InChI=1S/C25H42.C6H13NO.C5H12O.C4H10.C2H6/c1-3-19-9-5-4-8-18(2)16-21-17-25-22-13-7-11-20(22)14-15-24(25)23(21)12-6-10-19;1-7-5-3-6(4-5)8-2;1-4-5(2)6-3;1-3-4-2;1-2/h17-20,22-25H,3-16H2,1-2H3;5-7H,3-4H2,1-2H3;5H,4H2,1-3H3;3-4H2,1-2H3;1-2H3. The van der Waals surface area contributed by atoms with Crippen LogP contribution in [0.3, 0.4) is 0 Å². The van der Waals surface area contributed by atoms with Crippen molar-refractivity contribution >= 4 is 0 Å². The molecule has 268 valence electrons. The predicted molar refractivity (Wildman–Crippen MR) is 200 cm³/mol. The highest BCUT2D eigenvalue weighted by Crippen LogP contribution is 2.56. The molecule has 0 saturated heterocycles. The number of nitrogens with one attached hydrogen (secondary N) is 1. The van der Waals surface area contributed by atoms with E-state index in [0.717, 1.165) is 53.9 Å². The second kappa shape index (κ2) is 25.6. The summed E-state index contributed by atoms with van der Waals surface area (Å²) in [6.07, 6.45) is 31.1. The number of unbranched alkanes of at least 4 members (excludes halogenated alkanes) is 1. The Balaban J connectivity index is 0.000000414. The first-order chi connectivity index (χ1) is 21.8. The lowest BCUT2D eigenvalue weighted by Gasteiger charge is -2.39. The third-order valence-electron chi connectivity index (χ3n) is 12.1. The zero-order valence-corrected chi connectivity index (χ0v) is 32.6. The third-order valence-corrected chi connectivity index (χ3v) is 12.1. The number of ether oxygens (including phenoxy) is 2. The lowest BCUT2D eigenvalue weighted by Crippen LogP contribution is -2.43. The molecule has 3 nitrogen and oxygen atoms in total. The molecule has 4 fully saturated rings. The summed E-state index contributed by atoms with van der Waals surface area (Å²) in [5.74, 6) is 7.13. The van der Waals surface area contributed by atoms with Crippen LogP contribution in [0.2, 0.25) is 0 Å². The summed E-state index contributed by atoms with van der Waals surface area (Å²) in [6, 6.07) is 0.722. The normalized spacial score (nSPS) is 34.6. The number of methoxy groups -OCH3 is 2. The average molecular weight is 634 g/mol. The lowest BCUT2D eigenvalue weighted by atomic mass is 9.66. The summed E-state index contributed by atoms with van der Waals surface area (Å²) in [5.41, 5.74) is 1.93. The molecule has 0 aromatic rings. The summed E-state index contributed by atoms with van der Waals surface area (Å²) in [5, 5.41) is 3.19. The van der Waals surface area contributed by atoms with Crippen molar-refractivity contribution in [2.24, 2.45) is 41.4 Å². The van der Waals surface area contributed by atoms with Gasteiger partial charge in [-0.05, 0) is 107 Å². The van der Waals surface area contributed by atoms with E-state index in [-0.39, 0.29) is 0 Å². The van der Waals surface area contributed by atoms with Gasteiger partial charge < -0.3 is 14.8 Å². The van der Waals surface area contributed by atoms with Crippen molar-refractivity contribution in [2.75, 3.05) is 21.3 Å². The topological polar surface area (TPSA) is 30.5 Å². The van der Waals surface area contributed by atoms with Crippen molar-refractivity contribution in [3.8, 4) is 0 Å². The van der Waals surface area contributed by atoms with Gasteiger partial charge in [0, 0.05) is 20.3 Å². The van der Waals surface area contributed by atoms with Gasteiger partial charge in [0.05, 0.1) is 12.2 Å². The highest BCUT2D eigenvalue weighted by molar-refractivity contribution is 5.22. The fourth-order valence-electron chi connectivity index (χ4n) is 8.60. The first-order valence-electron chi connectivity index (χ1n) is 20.3. The number of hydrogen-bond acceptors (Lipinski definition) is 3. The third kappa shape index (κ3) is 15.2. The minimum absolute atomic E-state index is 0.435. The molecule has 8 atom stereocenters. The monoisotopic (exact) mass is 634 g/mol. The van der Waals surface area contributed by atoms with Crippen LogP contribution >= 0.6 is 0 Å². The van der Waals surface area contributed by atoms with Gasteiger partial charge in [-0.1, -0.05) is 131 Å². The molecule has 45 heavy (non-hydrogen) atoms. The minimum Gasteiger partial charge on any atom is -0.382 e. The largest absolute Gasteiger partial charge is 0.382 e.